The zero-order chi connectivity index (χ0) is 15.1. The SMILES string of the molecule is CCC(N(CC(C)C)CC(C)C)[Si](OC)(OC)OC. The molecule has 19 heavy (non-hydrogen) atoms. The Morgan fingerprint density at radius 3 is 1.42 bits per heavy atom. The van der Waals surface area contributed by atoms with Crippen molar-refractivity contribution in [1.29, 1.82) is 0 Å². The van der Waals surface area contributed by atoms with Gasteiger partial charge in [0.15, 0.2) is 0 Å². The Kier molecular flexibility index (Phi) is 9.10. The van der Waals surface area contributed by atoms with Gasteiger partial charge in [-0.3, -0.25) is 4.90 Å². The Morgan fingerprint density at radius 1 is 0.842 bits per heavy atom. The van der Waals surface area contributed by atoms with Crippen LogP contribution in [0, 0.1) is 11.8 Å². The van der Waals surface area contributed by atoms with Gasteiger partial charge in [-0.05, 0) is 18.3 Å². The first-order chi connectivity index (χ1) is 8.86. The van der Waals surface area contributed by atoms with Crippen molar-refractivity contribution in [2.24, 2.45) is 11.8 Å². The molecule has 0 aliphatic heterocycles. The lowest BCUT2D eigenvalue weighted by atomic mass is 10.1. The molecular formula is C14H33NO3Si. The average molecular weight is 292 g/mol. The van der Waals surface area contributed by atoms with Crippen LogP contribution in [0.3, 0.4) is 0 Å². The van der Waals surface area contributed by atoms with Crippen LogP contribution >= 0.6 is 0 Å². The van der Waals surface area contributed by atoms with E-state index in [9.17, 15) is 0 Å². The fourth-order valence-corrected chi connectivity index (χ4v) is 5.13. The van der Waals surface area contributed by atoms with Crippen molar-refractivity contribution in [2.45, 2.75) is 46.7 Å². The maximum Gasteiger partial charge on any atom is 0.518 e. The monoisotopic (exact) mass is 291 g/mol. The number of hydrogen-bond donors (Lipinski definition) is 0. The van der Waals surface area contributed by atoms with Gasteiger partial charge in [0.25, 0.3) is 0 Å². The van der Waals surface area contributed by atoms with Crippen LogP contribution in [0.4, 0.5) is 0 Å². The molecule has 0 radical (unpaired) electrons. The first kappa shape index (κ1) is 19.1. The minimum atomic E-state index is -2.62. The van der Waals surface area contributed by atoms with E-state index in [2.05, 4.69) is 39.5 Å². The molecule has 0 amide bonds. The molecule has 5 heteroatoms. The summed E-state index contributed by atoms with van der Waals surface area (Å²) in [5.41, 5.74) is 0.220. The van der Waals surface area contributed by atoms with E-state index in [1.165, 1.54) is 0 Å². The summed E-state index contributed by atoms with van der Waals surface area (Å²) in [5.74, 6) is 1.23. The van der Waals surface area contributed by atoms with Crippen LogP contribution in [0.2, 0.25) is 0 Å². The van der Waals surface area contributed by atoms with E-state index in [1.807, 2.05) is 0 Å². The molecule has 0 spiro atoms. The van der Waals surface area contributed by atoms with Crippen LogP contribution in [-0.2, 0) is 13.3 Å². The fourth-order valence-electron chi connectivity index (χ4n) is 2.66. The second-order valence-corrected chi connectivity index (χ2v) is 8.98. The molecule has 0 aliphatic rings. The molecule has 0 aromatic rings. The molecule has 0 saturated heterocycles. The van der Waals surface area contributed by atoms with Crippen LogP contribution in [0.5, 0.6) is 0 Å². The second kappa shape index (κ2) is 9.08. The molecule has 0 heterocycles. The second-order valence-electron chi connectivity index (χ2n) is 5.88. The summed E-state index contributed by atoms with van der Waals surface area (Å²) in [6, 6.07) is 0. The fraction of sp³-hybridized carbons (Fsp3) is 1.00. The van der Waals surface area contributed by atoms with E-state index in [4.69, 9.17) is 13.3 Å². The van der Waals surface area contributed by atoms with Crippen molar-refractivity contribution in [3.05, 3.63) is 0 Å². The third-order valence-corrected chi connectivity index (χ3v) is 6.59. The van der Waals surface area contributed by atoms with Gasteiger partial charge in [0.05, 0.1) is 5.67 Å². The number of hydrogen-bond acceptors (Lipinski definition) is 4. The molecule has 0 rings (SSSR count). The van der Waals surface area contributed by atoms with Crippen molar-refractivity contribution in [3.8, 4) is 0 Å². The van der Waals surface area contributed by atoms with E-state index in [0.29, 0.717) is 11.8 Å². The molecule has 0 N–H and O–H groups in total. The highest BCUT2D eigenvalue weighted by Gasteiger charge is 2.49. The number of rotatable bonds is 10. The summed E-state index contributed by atoms with van der Waals surface area (Å²) in [6.07, 6.45) is 0.973. The van der Waals surface area contributed by atoms with E-state index in [-0.39, 0.29) is 5.67 Å². The molecule has 116 valence electrons. The van der Waals surface area contributed by atoms with Crippen molar-refractivity contribution >= 4 is 8.80 Å². The van der Waals surface area contributed by atoms with Crippen LogP contribution in [0.15, 0.2) is 0 Å². The van der Waals surface area contributed by atoms with Gasteiger partial charge in [-0.25, -0.2) is 0 Å². The molecule has 0 bridgehead atoms. The summed E-state index contributed by atoms with van der Waals surface area (Å²) < 4.78 is 17.1. The third-order valence-electron chi connectivity index (χ3n) is 3.29. The first-order valence-electron chi connectivity index (χ1n) is 7.26. The highest BCUT2D eigenvalue weighted by Crippen LogP contribution is 2.22. The van der Waals surface area contributed by atoms with Gasteiger partial charge >= 0.3 is 8.80 Å². The van der Waals surface area contributed by atoms with Crippen LogP contribution in [0.1, 0.15) is 41.0 Å². The van der Waals surface area contributed by atoms with Crippen LogP contribution in [-0.4, -0.2) is 53.8 Å². The molecule has 1 atom stereocenters. The summed E-state index contributed by atoms with van der Waals surface area (Å²) in [4.78, 5) is 2.48. The molecule has 0 aliphatic carbocycles. The van der Waals surface area contributed by atoms with Gasteiger partial charge in [-0.15, -0.1) is 0 Å². The predicted molar refractivity (Wildman–Crippen MR) is 82.1 cm³/mol. The van der Waals surface area contributed by atoms with Crippen molar-refractivity contribution in [3.63, 3.8) is 0 Å². The molecule has 0 aromatic carbocycles. The summed E-state index contributed by atoms with van der Waals surface area (Å²) in [7, 11) is 2.48. The zero-order valence-electron chi connectivity index (χ0n) is 14.0. The highest BCUT2D eigenvalue weighted by atomic mass is 28.4. The van der Waals surface area contributed by atoms with Gasteiger partial charge in [-0.1, -0.05) is 34.6 Å². The first-order valence-corrected chi connectivity index (χ1v) is 9.06. The third kappa shape index (κ3) is 5.51. The Bertz CT molecular complexity index is 214. The average Bonchev–Trinajstić information content (AvgIpc) is 2.34. The van der Waals surface area contributed by atoms with Crippen LogP contribution < -0.4 is 0 Å². The lowest BCUT2D eigenvalue weighted by Gasteiger charge is -2.40. The Labute approximate surface area is 120 Å². The van der Waals surface area contributed by atoms with E-state index < -0.39 is 8.80 Å². The topological polar surface area (TPSA) is 30.9 Å². The normalized spacial score (nSPS) is 14.7. The minimum absolute atomic E-state index is 0.220. The maximum atomic E-state index is 5.69. The molecular weight excluding hydrogens is 258 g/mol. The summed E-state index contributed by atoms with van der Waals surface area (Å²) >= 11 is 0. The molecule has 0 fully saturated rings. The van der Waals surface area contributed by atoms with E-state index in [1.54, 1.807) is 21.3 Å². The van der Waals surface area contributed by atoms with Gasteiger partial charge in [0.2, 0.25) is 0 Å². The standard InChI is InChI=1S/C14H33NO3Si/c1-9-14(19(16-6,17-7)18-8)15(10-12(2)3)11-13(4)5/h12-14H,9-11H2,1-8H3. The lowest BCUT2D eigenvalue weighted by molar-refractivity contribution is 0.0639. The van der Waals surface area contributed by atoms with Gasteiger partial charge < -0.3 is 13.3 Å². The quantitative estimate of drug-likeness (QED) is 0.579. The van der Waals surface area contributed by atoms with Crippen molar-refractivity contribution in [1.82, 2.24) is 4.90 Å². The Balaban J connectivity index is 5.18. The Morgan fingerprint density at radius 2 is 1.21 bits per heavy atom. The minimum Gasteiger partial charge on any atom is -0.376 e. The smallest absolute Gasteiger partial charge is 0.376 e. The van der Waals surface area contributed by atoms with E-state index in [0.717, 1.165) is 19.5 Å². The predicted octanol–water partition coefficient (Wildman–Crippen LogP) is 2.80. The van der Waals surface area contributed by atoms with Gasteiger partial charge in [0.1, 0.15) is 0 Å². The largest absolute Gasteiger partial charge is 0.518 e. The highest BCUT2D eigenvalue weighted by molar-refractivity contribution is 6.62. The lowest BCUT2D eigenvalue weighted by Crippen LogP contribution is -2.62. The van der Waals surface area contributed by atoms with Crippen molar-refractivity contribution < 1.29 is 13.3 Å². The van der Waals surface area contributed by atoms with Crippen molar-refractivity contribution in [2.75, 3.05) is 34.4 Å². The number of nitrogens with zero attached hydrogens (tertiary/aromatic N) is 1. The van der Waals surface area contributed by atoms with Gasteiger partial charge in [0, 0.05) is 34.4 Å². The van der Waals surface area contributed by atoms with Crippen LogP contribution in [0.25, 0.3) is 0 Å². The summed E-state index contributed by atoms with van der Waals surface area (Å²) in [6.45, 7) is 13.2. The Hall–Kier alpha value is 0.0569. The molecule has 0 saturated carbocycles. The summed E-state index contributed by atoms with van der Waals surface area (Å²) in [5, 5.41) is 0. The zero-order valence-corrected chi connectivity index (χ0v) is 15.0. The molecule has 0 aromatic heterocycles. The molecule has 1 unspecified atom stereocenters. The maximum absolute atomic E-state index is 5.69. The van der Waals surface area contributed by atoms with E-state index >= 15 is 0 Å². The molecule has 4 nitrogen and oxygen atoms in total. The van der Waals surface area contributed by atoms with Gasteiger partial charge in [-0.2, -0.15) is 0 Å².